The van der Waals surface area contributed by atoms with Gasteiger partial charge in [0.25, 0.3) is 0 Å². The first kappa shape index (κ1) is 40.1. The number of rotatable bonds is 9. The normalized spacial score (nSPS) is 13.6. The zero-order chi connectivity index (χ0) is 44.7. The Labute approximate surface area is 392 Å². The summed E-state index contributed by atoms with van der Waals surface area (Å²) in [5.41, 5.74) is 19.1. The van der Waals surface area contributed by atoms with Crippen molar-refractivity contribution in [3.63, 3.8) is 0 Å². The number of benzene rings is 10. The third-order valence-electron chi connectivity index (χ3n) is 13.5. The molecule has 0 fully saturated rings. The fourth-order valence-electron chi connectivity index (χ4n) is 10.3. The van der Waals surface area contributed by atoms with E-state index < -0.39 is 0 Å². The first-order valence-corrected chi connectivity index (χ1v) is 23.4. The summed E-state index contributed by atoms with van der Waals surface area (Å²) >= 11 is 0. The van der Waals surface area contributed by atoms with Crippen LogP contribution in [0.25, 0.3) is 88.3 Å². The van der Waals surface area contributed by atoms with E-state index in [9.17, 15) is 0 Å². The number of nitrogens with zero attached hydrogens (tertiary/aromatic N) is 2. The fourth-order valence-corrected chi connectivity index (χ4v) is 10.3. The molecule has 0 N–H and O–H groups in total. The molecule has 0 aliphatic heterocycles. The van der Waals surface area contributed by atoms with Crippen molar-refractivity contribution in [2.75, 3.05) is 4.90 Å². The van der Waals surface area contributed by atoms with Crippen LogP contribution in [0.3, 0.4) is 0 Å². The molecule has 0 bridgehead atoms. The van der Waals surface area contributed by atoms with Gasteiger partial charge < -0.3 is 9.47 Å². The fraction of sp³-hybridized carbons (Fsp3) is 0.0462. The maximum atomic E-state index is 2.45. The molecule has 10 aromatic carbocycles. The van der Waals surface area contributed by atoms with Gasteiger partial charge in [-0.1, -0.05) is 201 Å². The van der Waals surface area contributed by atoms with Gasteiger partial charge in [-0.25, -0.2) is 0 Å². The SMILES string of the molecule is CC1C=CC=C(c2cccc(-c3ccc(N(c4ccc(-c5ccccc5-c5ccccc5)cc4)c4cccc(-c5cccc6c5c5ccc7ccccc7c5n6-c5ccccc5)c4)cc3)c2)C1. The first-order valence-electron chi connectivity index (χ1n) is 23.4. The van der Waals surface area contributed by atoms with Crippen LogP contribution >= 0.6 is 0 Å². The van der Waals surface area contributed by atoms with Crippen LogP contribution in [0.5, 0.6) is 0 Å². The average molecular weight is 857 g/mol. The lowest BCUT2D eigenvalue weighted by molar-refractivity contribution is 0.749. The second kappa shape index (κ2) is 17.2. The highest BCUT2D eigenvalue weighted by molar-refractivity contribution is 6.22. The van der Waals surface area contributed by atoms with Gasteiger partial charge in [0, 0.05) is 38.9 Å². The Hall–Kier alpha value is -8.46. The highest BCUT2D eigenvalue weighted by Crippen LogP contribution is 2.44. The summed E-state index contributed by atoms with van der Waals surface area (Å²) in [5.74, 6) is 0.544. The summed E-state index contributed by atoms with van der Waals surface area (Å²) in [6.07, 6.45) is 7.82. The molecule has 1 atom stereocenters. The van der Waals surface area contributed by atoms with Gasteiger partial charge >= 0.3 is 0 Å². The molecule has 1 unspecified atom stereocenters. The standard InChI is InChI=1S/C65H48N2/c1-45-16-12-20-50(42-45)52-22-13-21-51(43-52)46-32-37-55(38-33-46)66(56-39-34-49(35-40-56)59-28-11-10-27-58(59)47-17-4-2-5-18-47)57-26-14-23-53(44-57)60-30-15-31-63-64(60)62-41-36-48-19-8-9-29-61(48)65(62)67(63)54-24-6-3-7-25-54/h2-41,43-45H,42H2,1H3. The third kappa shape index (κ3) is 7.43. The van der Waals surface area contributed by atoms with Gasteiger partial charge in [-0.2, -0.15) is 0 Å². The van der Waals surface area contributed by atoms with Crippen molar-refractivity contribution in [1.29, 1.82) is 0 Å². The Bertz CT molecular complexity index is 3650. The molecule has 2 nitrogen and oxygen atoms in total. The van der Waals surface area contributed by atoms with Crippen LogP contribution in [0.15, 0.2) is 255 Å². The molecule has 1 aromatic heterocycles. The van der Waals surface area contributed by atoms with Crippen molar-refractivity contribution in [2.45, 2.75) is 13.3 Å². The molecule has 0 saturated carbocycles. The van der Waals surface area contributed by atoms with E-state index in [1.165, 1.54) is 82.7 Å². The van der Waals surface area contributed by atoms with E-state index in [1.807, 2.05) is 0 Å². The first-order chi connectivity index (χ1) is 33.1. The van der Waals surface area contributed by atoms with E-state index in [0.29, 0.717) is 5.92 Å². The van der Waals surface area contributed by atoms with Crippen molar-refractivity contribution >= 4 is 55.2 Å². The summed E-state index contributed by atoms with van der Waals surface area (Å²) < 4.78 is 2.45. The minimum absolute atomic E-state index is 0.544. The molecular weight excluding hydrogens is 809 g/mol. The van der Waals surface area contributed by atoms with Gasteiger partial charge in [-0.05, 0) is 134 Å². The number of hydrogen-bond acceptors (Lipinski definition) is 1. The highest BCUT2D eigenvalue weighted by atomic mass is 15.1. The Balaban J connectivity index is 0.992. The molecule has 11 aromatic rings. The van der Waals surface area contributed by atoms with E-state index >= 15 is 0 Å². The largest absolute Gasteiger partial charge is 0.310 e. The predicted molar refractivity (Wildman–Crippen MR) is 286 cm³/mol. The molecule has 67 heavy (non-hydrogen) atoms. The van der Waals surface area contributed by atoms with E-state index in [-0.39, 0.29) is 0 Å². The monoisotopic (exact) mass is 856 g/mol. The van der Waals surface area contributed by atoms with Crippen LogP contribution in [0.4, 0.5) is 17.1 Å². The smallest absolute Gasteiger partial charge is 0.0619 e. The lowest BCUT2D eigenvalue weighted by Crippen LogP contribution is -2.10. The Morgan fingerprint density at radius 3 is 1.78 bits per heavy atom. The number of aromatic nitrogens is 1. The molecule has 1 heterocycles. The summed E-state index contributed by atoms with van der Waals surface area (Å²) in [6.45, 7) is 2.29. The van der Waals surface area contributed by atoms with Crippen LogP contribution in [0.2, 0.25) is 0 Å². The lowest BCUT2D eigenvalue weighted by Gasteiger charge is -2.26. The predicted octanol–water partition coefficient (Wildman–Crippen LogP) is 18.1. The van der Waals surface area contributed by atoms with Gasteiger partial charge in [0.15, 0.2) is 0 Å². The van der Waals surface area contributed by atoms with Crippen molar-refractivity contribution in [3.8, 4) is 50.2 Å². The Morgan fingerprint density at radius 2 is 1.01 bits per heavy atom. The van der Waals surface area contributed by atoms with E-state index in [4.69, 9.17) is 0 Å². The maximum Gasteiger partial charge on any atom is 0.0619 e. The Morgan fingerprint density at radius 1 is 0.418 bits per heavy atom. The molecule has 318 valence electrons. The van der Waals surface area contributed by atoms with Gasteiger partial charge in [0.1, 0.15) is 0 Å². The van der Waals surface area contributed by atoms with Crippen LogP contribution in [-0.2, 0) is 0 Å². The number of hydrogen-bond donors (Lipinski definition) is 0. The molecule has 2 heteroatoms. The molecule has 0 spiro atoms. The quantitative estimate of drug-likeness (QED) is 0.140. The third-order valence-corrected chi connectivity index (χ3v) is 13.5. The molecule has 0 saturated heterocycles. The molecule has 1 aliphatic rings. The molecule has 12 rings (SSSR count). The second-order valence-corrected chi connectivity index (χ2v) is 17.8. The van der Waals surface area contributed by atoms with E-state index in [0.717, 1.165) is 34.7 Å². The van der Waals surface area contributed by atoms with Crippen molar-refractivity contribution in [2.24, 2.45) is 5.92 Å². The van der Waals surface area contributed by atoms with Gasteiger partial charge in [0.05, 0.1) is 11.0 Å². The van der Waals surface area contributed by atoms with E-state index in [1.54, 1.807) is 0 Å². The Kier molecular flexibility index (Phi) is 10.3. The summed E-state index contributed by atoms with van der Waals surface area (Å²) in [5, 5.41) is 4.97. The molecule has 0 amide bonds. The maximum absolute atomic E-state index is 2.45. The van der Waals surface area contributed by atoms with Crippen LogP contribution in [0.1, 0.15) is 18.9 Å². The zero-order valence-electron chi connectivity index (χ0n) is 37.4. The summed E-state index contributed by atoms with van der Waals surface area (Å²) in [4.78, 5) is 2.40. The minimum atomic E-state index is 0.544. The van der Waals surface area contributed by atoms with Crippen LogP contribution < -0.4 is 4.90 Å². The van der Waals surface area contributed by atoms with E-state index in [2.05, 4.69) is 271 Å². The van der Waals surface area contributed by atoms with Crippen LogP contribution in [0, 0.1) is 5.92 Å². The summed E-state index contributed by atoms with van der Waals surface area (Å²) in [7, 11) is 0. The molecular formula is C65H48N2. The number of para-hydroxylation sites is 1. The van der Waals surface area contributed by atoms with Crippen molar-refractivity contribution < 1.29 is 0 Å². The van der Waals surface area contributed by atoms with Crippen molar-refractivity contribution in [3.05, 3.63) is 260 Å². The average Bonchev–Trinajstić information content (AvgIpc) is 3.75. The van der Waals surface area contributed by atoms with Crippen molar-refractivity contribution in [1.82, 2.24) is 4.57 Å². The summed E-state index contributed by atoms with van der Waals surface area (Å²) in [6, 6.07) is 86.6. The highest BCUT2D eigenvalue weighted by Gasteiger charge is 2.20. The van der Waals surface area contributed by atoms with Crippen LogP contribution in [-0.4, -0.2) is 4.57 Å². The van der Waals surface area contributed by atoms with Gasteiger partial charge in [-0.3, -0.25) is 0 Å². The molecule has 1 aliphatic carbocycles. The second-order valence-electron chi connectivity index (χ2n) is 17.8. The number of anilines is 3. The van der Waals surface area contributed by atoms with Gasteiger partial charge in [0.2, 0.25) is 0 Å². The topological polar surface area (TPSA) is 8.17 Å². The number of fused-ring (bicyclic) bond motifs is 5. The lowest BCUT2D eigenvalue weighted by atomic mass is 9.90. The minimum Gasteiger partial charge on any atom is -0.310 e. The zero-order valence-corrected chi connectivity index (χ0v) is 37.4. The number of allylic oxidation sites excluding steroid dienone is 4. The molecule has 0 radical (unpaired) electrons. The van der Waals surface area contributed by atoms with Gasteiger partial charge in [-0.15, -0.1) is 0 Å².